The predicted molar refractivity (Wildman–Crippen MR) is 165 cm³/mol. The molecular formula is C32H37ClN2O8S. The second-order valence-corrected chi connectivity index (χ2v) is 13.4. The lowest BCUT2D eigenvalue weighted by atomic mass is 10.1. The van der Waals surface area contributed by atoms with Gasteiger partial charge in [-0.05, 0) is 93.8 Å². The molecule has 0 heterocycles. The Labute approximate surface area is 263 Å². The monoisotopic (exact) mass is 644 g/mol. The van der Waals surface area contributed by atoms with Gasteiger partial charge in [0.15, 0.2) is 0 Å². The van der Waals surface area contributed by atoms with Crippen LogP contribution in [0.5, 0.6) is 0 Å². The average molecular weight is 645 g/mol. The maximum absolute atomic E-state index is 13.3. The first-order valence-electron chi connectivity index (χ1n) is 14.0. The predicted octanol–water partition coefficient (Wildman–Crippen LogP) is 5.63. The second-order valence-electron chi connectivity index (χ2n) is 11.0. The summed E-state index contributed by atoms with van der Waals surface area (Å²) >= 11 is 6.06. The van der Waals surface area contributed by atoms with Gasteiger partial charge >= 0.3 is 12.1 Å². The highest BCUT2D eigenvalue weighted by atomic mass is 35.5. The molecule has 0 aliphatic heterocycles. The molecule has 3 aromatic rings. The Balaban J connectivity index is 1.72. The van der Waals surface area contributed by atoms with Crippen LogP contribution < -0.4 is 0 Å². The molecule has 0 spiro atoms. The first-order valence-corrected chi connectivity index (χ1v) is 15.8. The van der Waals surface area contributed by atoms with Gasteiger partial charge in [0, 0.05) is 24.1 Å². The smallest absolute Gasteiger partial charge is 0.410 e. The number of rotatable bonds is 10. The molecule has 0 saturated carbocycles. The molecule has 44 heavy (non-hydrogen) atoms. The van der Waals surface area contributed by atoms with E-state index >= 15 is 0 Å². The Kier molecular flexibility index (Phi) is 11.5. The lowest BCUT2D eigenvalue weighted by Crippen LogP contribution is -2.40. The summed E-state index contributed by atoms with van der Waals surface area (Å²) in [4.78, 5) is 43.1. The van der Waals surface area contributed by atoms with E-state index in [0.717, 1.165) is 10.6 Å². The molecule has 0 aromatic heterocycles. The van der Waals surface area contributed by atoms with Crippen LogP contribution in [0, 0.1) is 0 Å². The van der Waals surface area contributed by atoms with Gasteiger partial charge in [-0.2, -0.15) is 5.06 Å². The molecule has 10 nitrogen and oxygen atoms in total. The van der Waals surface area contributed by atoms with Crippen LogP contribution in [0.25, 0.3) is 0 Å². The number of aliphatic hydroxyl groups excluding tert-OH is 1. The summed E-state index contributed by atoms with van der Waals surface area (Å²) < 4.78 is 32.1. The van der Waals surface area contributed by atoms with E-state index in [2.05, 4.69) is 0 Å². The van der Waals surface area contributed by atoms with Crippen LogP contribution in [-0.2, 0) is 30.6 Å². The summed E-state index contributed by atoms with van der Waals surface area (Å²) in [6.45, 7) is 8.39. The van der Waals surface area contributed by atoms with Crippen LogP contribution in [-0.4, -0.2) is 66.7 Å². The molecule has 2 amide bonds. The number of carbonyl (C=O) groups is 3. The molecule has 236 valence electrons. The van der Waals surface area contributed by atoms with Gasteiger partial charge in [0.1, 0.15) is 5.60 Å². The molecule has 3 rings (SSSR count). The van der Waals surface area contributed by atoms with Gasteiger partial charge in [-0.25, -0.2) is 13.2 Å². The fourth-order valence-electron chi connectivity index (χ4n) is 4.17. The summed E-state index contributed by atoms with van der Waals surface area (Å²) in [5, 5.41) is 12.2. The molecule has 0 saturated heterocycles. The molecule has 12 heteroatoms. The molecular weight excluding hydrogens is 608 g/mol. The molecule has 0 bridgehead atoms. The van der Waals surface area contributed by atoms with Gasteiger partial charge in [-0.1, -0.05) is 35.9 Å². The molecule has 1 atom stereocenters. The van der Waals surface area contributed by atoms with Crippen molar-refractivity contribution in [2.24, 2.45) is 0 Å². The quantitative estimate of drug-likeness (QED) is 0.281. The maximum Gasteiger partial charge on any atom is 0.410 e. The van der Waals surface area contributed by atoms with Crippen LogP contribution in [0.1, 0.15) is 62.2 Å². The van der Waals surface area contributed by atoms with Crippen molar-refractivity contribution in [1.29, 1.82) is 0 Å². The molecule has 1 N–H and O–H groups in total. The topological polar surface area (TPSA) is 131 Å². The zero-order valence-electron chi connectivity index (χ0n) is 25.3. The molecule has 0 radical (unpaired) electrons. The van der Waals surface area contributed by atoms with Crippen molar-refractivity contribution in [2.45, 2.75) is 62.5 Å². The van der Waals surface area contributed by atoms with Crippen molar-refractivity contribution < 1.29 is 37.5 Å². The number of sulfone groups is 1. The number of amides is 2. The Morgan fingerprint density at radius 1 is 0.955 bits per heavy atom. The fourth-order valence-corrected chi connectivity index (χ4v) is 5.63. The van der Waals surface area contributed by atoms with Crippen LogP contribution in [0.2, 0.25) is 5.02 Å². The number of ether oxygens (including phenoxy) is 1. The van der Waals surface area contributed by atoms with Crippen molar-refractivity contribution in [2.75, 3.05) is 19.6 Å². The molecule has 0 fully saturated rings. The van der Waals surface area contributed by atoms with E-state index in [9.17, 15) is 27.9 Å². The Bertz CT molecular complexity index is 1570. The van der Waals surface area contributed by atoms with E-state index in [-0.39, 0.29) is 35.0 Å². The van der Waals surface area contributed by atoms with Crippen molar-refractivity contribution in [1.82, 2.24) is 9.96 Å². The normalized spacial score (nSPS) is 12.2. The van der Waals surface area contributed by atoms with Gasteiger partial charge in [0.2, 0.25) is 9.84 Å². The van der Waals surface area contributed by atoms with E-state index < -0.39 is 39.5 Å². The standard InChI is InChI=1S/C32H37ClN2O8S/c1-6-35(43-22(2)36)30(38)24-12-16-28(17-13-24)44(40,41)27-14-10-23(11-15-27)18-19-34(31(39)42-32(3,4)5)21-29(37)25-8-7-9-26(33)20-25/h7-17,20,29,37H,6,18-19,21H2,1-5H3/t29-/m0/s1. The Morgan fingerprint density at radius 2 is 1.55 bits per heavy atom. The summed E-state index contributed by atoms with van der Waals surface area (Å²) in [6, 6.07) is 18.4. The fraction of sp³-hybridized carbons (Fsp3) is 0.344. The third-order valence-corrected chi connectivity index (χ3v) is 8.37. The van der Waals surface area contributed by atoms with E-state index in [0.29, 0.717) is 17.0 Å². The highest BCUT2D eigenvalue weighted by Crippen LogP contribution is 2.24. The largest absolute Gasteiger partial charge is 0.444 e. The van der Waals surface area contributed by atoms with Crippen LogP contribution >= 0.6 is 11.6 Å². The Morgan fingerprint density at radius 3 is 2.07 bits per heavy atom. The van der Waals surface area contributed by atoms with Crippen LogP contribution in [0.15, 0.2) is 82.6 Å². The number of hydrogen-bond acceptors (Lipinski definition) is 8. The average Bonchev–Trinajstić information content (AvgIpc) is 2.96. The minimum absolute atomic E-state index is 0.0107. The lowest BCUT2D eigenvalue weighted by molar-refractivity contribution is -0.174. The molecule has 0 aliphatic carbocycles. The van der Waals surface area contributed by atoms with E-state index in [1.54, 1.807) is 64.1 Å². The molecule has 0 unspecified atom stereocenters. The van der Waals surface area contributed by atoms with E-state index in [1.807, 2.05) is 0 Å². The van der Waals surface area contributed by atoms with Crippen LogP contribution in [0.3, 0.4) is 0 Å². The number of carbonyl (C=O) groups excluding carboxylic acids is 3. The number of nitrogens with zero attached hydrogens (tertiary/aromatic N) is 2. The van der Waals surface area contributed by atoms with Gasteiger partial charge in [-0.15, -0.1) is 0 Å². The number of hydroxylamine groups is 2. The van der Waals surface area contributed by atoms with E-state index in [4.69, 9.17) is 21.2 Å². The Hall–Kier alpha value is -3.93. The SMILES string of the molecule is CCN(OC(C)=O)C(=O)c1ccc(S(=O)(=O)c2ccc(CCN(C[C@H](O)c3cccc(Cl)c3)C(=O)OC(C)(C)C)cc2)cc1. The lowest BCUT2D eigenvalue weighted by Gasteiger charge is -2.29. The summed E-state index contributed by atoms with van der Waals surface area (Å²) in [7, 11) is -3.90. The zero-order chi connectivity index (χ0) is 32.7. The van der Waals surface area contributed by atoms with E-state index in [1.165, 1.54) is 48.2 Å². The second kappa shape index (κ2) is 14.7. The number of halogens is 1. The van der Waals surface area contributed by atoms with Crippen molar-refractivity contribution >= 4 is 39.4 Å². The van der Waals surface area contributed by atoms with Gasteiger partial charge in [0.05, 0.1) is 29.0 Å². The highest BCUT2D eigenvalue weighted by molar-refractivity contribution is 7.91. The van der Waals surface area contributed by atoms with Crippen molar-refractivity contribution in [3.05, 3.63) is 94.5 Å². The third kappa shape index (κ3) is 9.54. The van der Waals surface area contributed by atoms with Gasteiger partial charge in [0.25, 0.3) is 5.91 Å². The summed E-state index contributed by atoms with van der Waals surface area (Å²) in [5.74, 6) is -1.22. The zero-order valence-corrected chi connectivity index (χ0v) is 26.9. The number of aliphatic hydroxyl groups is 1. The summed E-state index contributed by atoms with van der Waals surface area (Å²) in [6.07, 6.45) is -1.22. The minimum atomic E-state index is -3.90. The number of benzene rings is 3. The first kappa shape index (κ1) is 34.6. The van der Waals surface area contributed by atoms with Crippen molar-refractivity contribution in [3.63, 3.8) is 0 Å². The van der Waals surface area contributed by atoms with Crippen molar-refractivity contribution in [3.8, 4) is 0 Å². The van der Waals surface area contributed by atoms with Gasteiger partial charge in [-0.3, -0.25) is 9.59 Å². The van der Waals surface area contributed by atoms with Gasteiger partial charge < -0.3 is 19.6 Å². The molecule has 3 aromatic carbocycles. The van der Waals surface area contributed by atoms with Crippen LogP contribution in [0.4, 0.5) is 4.79 Å². The minimum Gasteiger partial charge on any atom is -0.444 e. The third-order valence-electron chi connectivity index (χ3n) is 6.35. The summed E-state index contributed by atoms with van der Waals surface area (Å²) in [5.41, 5.74) is 0.749. The maximum atomic E-state index is 13.3. The highest BCUT2D eigenvalue weighted by Gasteiger charge is 2.25. The molecule has 0 aliphatic rings. The first-order chi connectivity index (χ1) is 20.6. The number of hydrogen-bond donors (Lipinski definition) is 1.